The van der Waals surface area contributed by atoms with E-state index >= 15 is 0 Å². The average Bonchev–Trinajstić information content (AvgIpc) is 2.43. The predicted octanol–water partition coefficient (Wildman–Crippen LogP) is 0.276. The van der Waals surface area contributed by atoms with Gasteiger partial charge in [0.25, 0.3) is 0 Å². The van der Waals surface area contributed by atoms with Gasteiger partial charge in [-0.15, -0.1) is 0 Å². The number of carboxylic acids is 1. The molecular weight excluding hydrogens is 289 g/mol. The molecule has 0 saturated heterocycles. The molecule has 118 valence electrons. The summed E-state index contributed by atoms with van der Waals surface area (Å²) in [5.74, 6) is -1.52. The van der Waals surface area contributed by atoms with Gasteiger partial charge in [0.15, 0.2) is 0 Å². The summed E-state index contributed by atoms with van der Waals surface area (Å²) < 4.78 is 12.2. The summed E-state index contributed by atoms with van der Waals surface area (Å²) in [5.41, 5.74) is 3.38. The Morgan fingerprint density at radius 2 is 1.90 bits per heavy atom. The SMILES string of the molecule is CC(C)[C@]([NH3+])(CCP(=O)(O)CCc1ccccc1)C(=O)[O-]. The van der Waals surface area contributed by atoms with Gasteiger partial charge in [0, 0.05) is 24.7 Å². The molecule has 21 heavy (non-hydrogen) atoms. The molecule has 0 spiro atoms. The molecule has 5 nitrogen and oxygen atoms in total. The van der Waals surface area contributed by atoms with Crippen LogP contribution < -0.4 is 10.8 Å². The van der Waals surface area contributed by atoms with Gasteiger partial charge in [0.1, 0.15) is 11.5 Å². The van der Waals surface area contributed by atoms with Crippen LogP contribution in [0.2, 0.25) is 0 Å². The molecule has 1 aromatic carbocycles. The van der Waals surface area contributed by atoms with Crippen LogP contribution in [-0.4, -0.2) is 28.7 Å². The van der Waals surface area contributed by atoms with E-state index in [1.807, 2.05) is 30.3 Å². The second kappa shape index (κ2) is 7.21. The number of carbonyl (C=O) groups excluding carboxylic acids is 1. The summed E-state index contributed by atoms with van der Waals surface area (Å²) in [6, 6.07) is 9.46. The lowest BCUT2D eigenvalue weighted by atomic mass is 9.85. The van der Waals surface area contributed by atoms with Crippen LogP contribution in [0.1, 0.15) is 25.8 Å². The Balaban J connectivity index is 2.60. The van der Waals surface area contributed by atoms with Crippen molar-refractivity contribution in [1.82, 2.24) is 0 Å². The highest BCUT2D eigenvalue weighted by molar-refractivity contribution is 7.57. The third-order valence-corrected chi connectivity index (χ3v) is 5.86. The van der Waals surface area contributed by atoms with Crippen molar-refractivity contribution in [3.8, 4) is 0 Å². The molecule has 0 aliphatic rings. The number of hydrogen-bond donors (Lipinski definition) is 2. The number of rotatable bonds is 8. The molecule has 0 aliphatic heterocycles. The number of carbonyl (C=O) groups is 1. The zero-order valence-corrected chi connectivity index (χ0v) is 13.5. The number of carboxylic acid groups (broad SMARTS) is 1. The van der Waals surface area contributed by atoms with Crippen LogP contribution in [0.15, 0.2) is 30.3 Å². The van der Waals surface area contributed by atoms with E-state index in [4.69, 9.17) is 0 Å². The Hall–Kier alpha value is -1.16. The van der Waals surface area contributed by atoms with Crippen molar-refractivity contribution >= 4 is 13.3 Å². The van der Waals surface area contributed by atoms with E-state index in [0.717, 1.165) is 5.56 Å². The van der Waals surface area contributed by atoms with E-state index in [1.165, 1.54) is 0 Å². The third-order valence-electron chi connectivity index (χ3n) is 4.01. The summed E-state index contributed by atoms with van der Waals surface area (Å²) in [4.78, 5) is 21.2. The van der Waals surface area contributed by atoms with Crippen molar-refractivity contribution in [3.63, 3.8) is 0 Å². The lowest BCUT2D eigenvalue weighted by molar-refractivity contribution is -0.497. The van der Waals surface area contributed by atoms with Gasteiger partial charge in [-0.1, -0.05) is 44.2 Å². The molecule has 0 amide bonds. The number of benzene rings is 1. The first-order valence-corrected chi connectivity index (χ1v) is 9.12. The zero-order chi connectivity index (χ0) is 16.1. The number of hydrogen-bond acceptors (Lipinski definition) is 3. The molecule has 2 atom stereocenters. The number of aliphatic carboxylic acids is 1. The summed E-state index contributed by atoms with van der Waals surface area (Å²) in [5, 5.41) is 11.2. The molecule has 1 rings (SSSR count). The van der Waals surface area contributed by atoms with E-state index in [2.05, 4.69) is 5.73 Å². The monoisotopic (exact) mass is 313 g/mol. The van der Waals surface area contributed by atoms with E-state index in [0.29, 0.717) is 6.42 Å². The van der Waals surface area contributed by atoms with Gasteiger partial charge in [-0.25, -0.2) is 0 Å². The molecular formula is C15H24NO4P. The van der Waals surface area contributed by atoms with Crippen LogP contribution >= 0.6 is 7.37 Å². The van der Waals surface area contributed by atoms with Crippen molar-refractivity contribution in [3.05, 3.63) is 35.9 Å². The highest BCUT2D eigenvalue weighted by Crippen LogP contribution is 2.43. The molecule has 0 aromatic heterocycles. The number of quaternary nitrogens is 1. The topological polar surface area (TPSA) is 105 Å². The minimum Gasteiger partial charge on any atom is -0.544 e. The van der Waals surface area contributed by atoms with Gasteiger partial charge in [-0.2, -0.15) is 0 Å². The van der Waals surface area contributed by atoms with Crippen molar-refractivity contribution in [2.75, 3.05) is 12.3 Å². The number of aryl methyl sites for hydroxylation is 1. The highest BCUT2D eigenvalue weighted by atomic mass is 31.2. The van der Waals surface area contributed by atoms with Crippen LogP contribution in [0.25, 0.3) is 0 Å². The Bertz CT molecular complexity index is 518. The minimum absolute atomic E-state index is 0.0461. The van der Waals surface area contributed by atoms with E-state index in [-0.39, 0.29) is 24.7 Å². The molecule has 0 aliphatic carbocycles. The fourth-order valence-electron chi connectivity index (χ4n) is 2.06. The Labute approximate surface area is 125 Å². The molecule has 1 unspecified atom stereocenters. The minimum atomic E-state index is -3.36. The maximum Gasteiger partial charge on any atom is 0.201 e. The van der Waals surface area contributed by atoms with Gasteiger partial charge < -0.3 is 20.5 Å². The van der Waals surface area contributed by atoms with E-state index in [9.17, 15) is 19.4 Å². The Kier molecular flexibility index (Phi) is 6.14. The molecule has 6 heteroatoms. The van der Waals surface area contributed by atoms with Crippen LogP contribution in [0.4, 0.5) is 0 Å². The summed E-state index contributed by atoms with van der Waals surface area (Å²) in [6.07, 6.45) is 0.662. The molecule has 0 radical (unpaired) electrons. The van der Waals surface area contributed by atoms with Crippen LogP contribution in [0.3, 0.4) is 0 Å². The van der Waals surface area contributed by atoms with Crippen molar-refractivity contribution < 1.29 is 25.1 Å². The second-order valence-corrected chi connectivity index (χ2v) is 8.46. The largest absolute Gasteiger partial charge is 0.544 e. The Morgan fingerprint density at radius 3 is 2.38 bits per heavy atom. The normalized spacial score (nSPS) is 17.2. The first-order valence-electron chi connectivity index (χ1n) is 7.09. The quantitative estimate of drug-likeness (QED) is 0.672. The molecule has 4 N–H and O–H groups in total. The highest BCUT2D eigenvalue weighted by Gasteiger charge is 2.37. The van der Waals surface area contributed by atoms with Gasteiger partial charge >= 0.3 is 0 Å². The Morgan fingerprint density at radius 1 is 1.33 bits per heavy atom. The summed E-state index contributed by atoms with van der Waals surface area (Å²) in [6.45, 7) is 3.46. The van der Waals surface area contributed by atoms with Crippen molar-refractivity contribution in [2.24, 2.45) is 5.92 Å². The van der Waals surface area contributed by atoms with Crippen molar-refractivity contribution in [1.29, 1.82) is 0 Å². The lowest BCUT2D eigenvalue weighted by Crippen LogP contribution is -2.82. The summed E-state index contributed by atoms with van der Waals surface area (Å²) in [7, 11) is -3.36. The van der Waals surface area contributed by atoms with Crippen molar-refractivity contribution in [2.45, 2.75) is 32.2 Å². The molecule has 0 saturated carbocycles. The standard InChI is InChI=1S/C15H24NO4P/c1-12(2)15(16,14(17)18)9-11-21(19,20)10-8-13-6-4-3-5-7-13/h3-7,12H,8-11,16H2,1-2H3,(H,17,18)(H,19,20)/t15-/m1/s1. The molecule has 1 aromatic rings. The molecule has 0 bridgehead atoms. The zero-order valence-electron chi connectivity index (χ0n) is 12.6. The second-order valence-electron chi connectivity index (χ2n) is 5.88. The van der Waals surface area contributed by atoms with Crippen LogP contribution in [0.5, 0.6) is 0 Å². The molecule has 0 fully saturated rings. The van der Waals surface area contributed by atoms with Crippen LogP contribution in [0, 0.1) is 5.92 Å². The maximum absolute atomic E-state index is 12.2. The van der Waals surface area contributed by atoms with E-state index in [1.54, 1.807) is 13.8 Å². The smallest absolute Gasteiger partial charge is 0.201 e. The van der Waals surface area contributed by atoms with Gasteiger partial charge in [-0.05, 0) is 12.0 Å². The predicted molar refractivity (Wildman–Crippen MR) is 79.8 cm³/mol. The first kappa shape index (κ1) is 17.9. The maximum atomic E-state index is 12.2. The third kappa shape index (κ3) is 5.27. The fraction of sp³-hybridized carbons (Fsp3) is 0.533. The summed E-state index contributed by atoms with van der Waals surface area (Å²) >= 11 is 0. The molecule has 0 heterocycles. The van der Waals surface area contributed by atoms with Gasteiger partial charge in [-0.3, -0.25) is 4.57 Å². The van der Waals surface area contributed by atoms with E-state index < -0.39 is 18.9 Å². The van der Waals surface area contributed by atoms with Gasteiger partial charge in [0.05, 0.1) is 0 Å². The van der Waals surface area contributed by atoms with Crippen LogP contribution in [-0.2, 0) is 15.8 Å². The average molecular weight is 313 g/mol. The fourth-order valence-corrected chi connectivity index (χ4v) is 3.64. The first-order chi connectivity index (χ1) is 9.67. The van der Waals surface area contributed by atoms with Gasteiger partial charge in [0.2, 0.25) is 7.37 Å². The lowest BCUT2D eigenvalue weighted by Gasteiger charge is -2.31.